The highest BCUT2D eigenvalue weighted by Gasteiger charge is 2.26. The van der Waals surface area contributed by atoms with Gasteiger partial charge in [0.05, 0.1) is 25.7 Å². The highest BCUT2D eigenvalue weighted by atomic mass is 16.5. The van der Waals surface area contributed by atoms with Gasteiger partial charge in [0.15, 0.2) is 0 Å². The molecule has 1 atom stereocenters. The van der Waals surface area contributed by atoms with E-state index in [1.54, 1.807) is 0 Å². The number of ether oxygens (including phenoxy) is 1. The van der Waals surface area contributed by atoms with E-state index < -0.39 is 0 Å². The molecule has 2 aromatic rings. The fourth-order valence-corrected chi connectivity index (χ4v) is 4.23. The van der Waals surface area contributed by atoms with Gasteiger partial charge < -0.3 is 14.6 Å². The first-order chi connectivity index (χ1) is 15.2. The number of piperidine rings is 1. The number of nitrogens with zero attached hydrogens (tertiary/aromatic N) is 4. The lowest BCUT2D eigenvalue weighted by Gasteiger charge is -2.31. The van der Waals surface area contributed by atoms with Crippen LogP contribution in [0.5, 0.6) is 0 Å². The summed E-state index contributed by atoms with van der Waals surface area (Å²) in [5.74, 6) is 1.40. The van der Waals surface area contributed by atoms with E-state index in [0.717, 1.165) is 77.3 Å². The minimum absolute atomic E-state index is 0.0247. The second-order valence-electron chi connectivity index (χ2n) is 8.55. The first-order valence-corrected chi connectivity index (χ1v) is 11.4. The molecule has 0 spiro atoms. The third kappa shape index (κ3) is 6.35. The van der Waals surface area contributed by atoms with Gasteiger partial charge >= 0.3 is 0 Å². The van der Waals surface area contributed by atoms with Crippen LogP contribution in [0.15, 0.2) is 28.8 Å². The molecule has 1 unspecified atom stereocenters. The molecule has 2 saturated heterocycles. The van der Waals surface area contributed by atoms with Crippen LogP contribution < -0.4 is 5.32 Å². The summed E-state index contributed by atoms with van der Waals surface area (Å²) < 4.78 is 10.8. The van der Waals surface area contributed by atoms with Crippen molar-refractivity contribution in [1.29, 1.82) is 0 Å². The molecule has 1 aromatic heterocycles. The third-order valence-electron chi connectivity index (χ3n) is 6.07. The maximum atomic E-state index is 12.6. The largest absolute Gasteiger partial charge is 0.379 e. The Morgan fingerprint density at radius 3 is 2.77 bits per heavy atom. The van der Waals surface area contributed by atoms with Gasteiger partial charge in [-0.2, -0.15) is 4.98 Å². The molecule has 8 heteroatoms. The molecule has 0 saturated carbocycles. The Labute approximate surface area is 183 Å². The number of rotatable bonds is 8. The molecule has 2 fully saturated rings. The average molecular weight is 428 g/mol. The molecule has 2 aliphatic heterocycles. The molecule has 8 nitrogen and oxygen atoms in total. The van der Waals surface area contributed by atoms with Crippen LogP contribution in [0.25, 0.3) is 11.4 Å². The second-order valence-corrected chi connectivity index (χ2v) is 8.55. The minimum Gasteiger partial charge on any atom is -0.379 e. The molecule has 3 heterocycles. The van der Waals surface area contributed by atoms with Gasteiger partial charge in [-0.3, -0.25) is 14.6 Å². The Bertz CT molecular complexity index is 832. The van der Waals surface area contributed by atoms with Crippen molar-refractivity contribution < 1.29 is 14.1 Å². The standard InChI is InChI=1S/C23H33N5O3/c1-18-5-7-19(8-6-18)22-25-21(31-26-22)17-28-10-2-4-20(16-28)23(29)24-9-3-11-27-12-14-30-15-13-27/h5-8,20H,2-4,9-17H2,1H3,(H,24,29). The molecular formula is C23H33N5O3. The van der Waals surface area contributed by atoms with Crippen LogP contribution in [-0.4, -0.2) is 78.3 Å². The van der Waals surface area contributed by atoms with E-state index in [9.17, 15) is 4.79 Å². The molecular weight excluding hydrogens is 394 g/mol. The molecule has 2 aliphatic rings. The van der Waals surface area contributed by atoms with Crippen LogP contribution in [0.4, 0.5) is 0 Å². The average Bonchev–Trinajstić information content (AvgIpc) is 3.26. The summed E-state index contributed by atoms with van der Waals surface area (Å²) in [7, 11) is 0. The molecule has 0 radical (unpaired) electrons. The molecule has 168 valence electrons. The van der Waals surface area contributed by atoms with Crippen LogP contribution in [0.2, 0.25) is 0 Å². The second kappa shape index (κ2) is 10.8. The maximum absolute atomic E-state index is 12.6. The zero-order valence-electron chi connectivity index (χ0n) is 18.4. The van der Waals surface area contributed by atoms with E-state index in [1.165, 1.54) is 5.56 Å². The molecule has 1 amide bonds. The van der Waals surface area contributed by atoms with Gasteiger partial charge in [-0.05, 0) is 39.3 Å². The minimum atomic E-state index is 0.0247. The number of likely N-dealkylation sites (tertiary alicyclic amines) is 1. The summed E-state index contributed by atoms with van der Waals surface area (Å²) in [6, 6.07) is 8.09. The van der Waals surface area contributed by atoms with Gasteiger partial charge in [0.1, 0.15) is 0 Å². The third-order valence-corrected chi connectivity index (χ3v) is 6.07. The number of aromatic nitrogens is 2. The Kier molecular flexibility index (Phi) is 7.66. The first kappa shape index (κ1) is 21.9. The van der Waals surface area contributed by atoms with Crippen LogP contribution in [0.1, 0.15) is 30.7 Å². The van der Waals surface area contributed by atoms with Crippen molar-refractivity contribution >= 4 is 5.91 Å². The molecule has 0 aliphatic carbocycles. The topological polar surface area (TPSA) is 83.7 Å². The van der Waals surface area contributed by atoms with E-state index in [2.05, 4.69) is 32.2 Å². The van der Waals surface area contributed by atoms with E-state index in [1.807, 2.05) is 24.3 Å². The summed E-state index contributed by atoms with van der Waals surface area (Å²) in [4.78, 5) is 21.8. The fourth-order valence-electron chi connectivity index (χ4n) is 4.23. The Hall–Kier alpha value is -2.29. The van der Waals surface area contributed by atoms with E-state index in [-0.39, 0.29) is 11.8 Å². The van der Waals surface area contributed by atoms with Crippen LogP contribution >= 0.6 is 0 Å². The Morgan fingerprint density at radius 2 is 1.97 bits per heavy atom. The quantitative estimate of drug-likeness (QED) is 0.646. The predicted molar refractivity (Wildman–Crippen MR) is 117 cm³/mol. The number of hydrogen-bond donors (Lipinski definition) is 1. The Morgan fingerprint density at radius 1 is 1.16 bits per heavy atom. The number of hydrogen-bond acceptors (Lipinski definition) is 7. The number of carbonyl (C=O) groups excluding carboxylic acids is 1. The summed E-state index contributed by atoms with van der Waals surface area (Å²) >= 11 is 0. The molecule has 31 heavy (non-hydrogen) atoms. The van der Waals surface area contributed by atoms with Crippen LogP contribution in [-0.2, 0) is 16.1 Å². The van der Waals surface area contributed by atoms with Gasteiger partial charge in [-0.1, -0.05) is 35.0 Å². The van der Waals surface area contributed by atoms with Gasteiger partial charge in [0, 0.05) is 31.7 Å². The fraction of sp³-hybridized carbons (Fsp3) is 0.609. The number of morpholine rings is 1. The van der Waals surface area contributed by atoms with Crippen molar-refractivity contribution in [2.24, 2.45) is 5.92 Å². The van der Waals surface area contributed by atoms with Gasteiger partial charge in [0.25, 0.3) is 0 Å². The zero-order valence-corrected chi connectivity index (χ0v) is 18.4. The SMILES string of the molecule is Cc1ccc(-c2noc(CN3CCCC(C(=O)NCCCN4CCOCC4)C3)n2)cc1. The van der Waals surface area contributed by atoms with Gasteiger partial charge in [-0.25, -0.2) is 0 Å². The number of aryl methyl sites for hydroxylation is 1. The lowest BCUT2D eigenvalue weighted by molar-refractivity contribution is -0.126. The van der Waals surface area contributed by atoms with Crippen molar-refractivity contribution in [2.75, 3.05) is 52.5 Å². The predicted octanol–water partition coefficient (Wildman–Crippen LogP) is 2.10. The summed E-state index contributed by atoms with van der Waals surface area (Å²) in [5.41, 5.74) is 2.15. The van der Waals surface area contributed by atoms with E-state index >= 15 is 0 Å². The normalized spacial score (nSPS) is 20.6. The molecule has 1 aromatic carbocycles. The van der Waals surface area contributed by atoms with Gasteiger partial charge in [0.2, 0.25) is 17.6 Å². The van der Waals surface area contributed by atoms with Crippen molar-refractivity contribution in [3.05, 3.63) is 35.7 Å². The highest BCUT2D eigenvalue weighted by Crippen LogP contribution is 2.20. The van der Waals surface area contributed by atoms with Crippen molar-refractivity contribution in [2.45, 2.75) is 32.7 Å². The van der Waals surface area contributed by atoms with Crippen molar-refractivity contribution in [3.8, 4) is 11.4 Å². The number of benzene rings is 1. The lowest BCUT2D eigenvalue weighted by Crippen LogP contribution is -2.43. The van der Waals surface area contributed by atoms with Crippen molar-refractivity contribution in [1.82, 2.24) is 25.3 Å². The van der Waals surface area contributed by atoms with E-state index in [0.29, 0.717) is 18.3 Å². The van der Waals surface area contributed by atoms with E-state index in [4.69, 9.17) is 9.26 Å². The molecule has 4 rings (SSSR count). The highest BCUT2D eigenvalue weighted by molar-refractivity contribution is 5.78. The Balaban J connectivity index is 1.21. The lowest BCUT2D eigenvalue weighted by atomic mass is 9.97. The zero-order chi connectivity index (χ0) is 21.5. The number of nitrogens with one attached hydrogen (secondary N) is 1. The first-order valence-electron chi connectivity index (χ1n) is 11.4. The smallest absolute Gasteiger partial charge is 0.241 e. The van der Waals surface area contributed by atoms with Crippen LogP contribution in [0, 0.1) is 12.8 Å². The van der Waals surface area contributed by atoms with Crippen LogP contribution in [0.3, 0.4) is 0 Å². The summed E-state index contributed by atoms with van der Waals surface area (Å²) in [6.45, 7) is 9.68. The monoisotopic (exact) mass is 427 g/mol. The number of carbonyl (C=O) groups is 1. The van der Waals surface area contributed by atoms with Crippen molar-refractivity contribution in [3.63, 3.8) is 0 Å². The summed E-state index contributed by atoms with van der Waals surface area (Å²) in [6.07, 6.45) is 2.92. The summed E-state index contributed by atoms with van der Waals surface area (Å²) in [5, 5.41) is 7.25. The maximum Gasteiger partial charge on any atom is 0.241 e. The molecule has 0 bridgehead atoms. The van der Waals surface area contributed by atoms with Gasteiger partial charge in [-0.15, -0.1) is 0 Å². The number of amides is 1. The molecule has 1 N–H and O–H groups in total.